The van der Waals surface area contributed by atoms with Crippen LogP contribution in [0.3, 0.4) is 0 Å². The van der Waals surface area contributed by atoms with E-state index in [1.165, 1.54) is 0 Å². The van der Waals surface area contributed by atoms with E-state index in [2.05, 4.69) is 0 Å². The lowest BCUT2D eigenvalue weighted by atomic mass is 10.00. The van der Waals surface area contributed by atoms with Gasteiger partial charge in [-0.25, -0.2) is 0 Å². The van der Waals surface area contributed by atoms with Gasteiger partial charge in [0.25, 0.3) is 0 Å². The molecule has 0 heterocycles. The van der Waals surface area contributed by atoms with Gasteiger partial charge in [-0.1, -0.05) is 48.9 Å². The largest absolute Gasteiger partial charge is 0.388 e. The van der Waals surface area contributed by atoms with Crippen molar-refractivity contribution in [3.63, 3.8) is 0 Å². The number of aliphatic hydroxyl groups excluding tert-OH is 1. The predicted molar refractivity (Wildman–Crippen MR) is 80.7 cm³/mol. The van der Waals surface area contributed by atoms with Gasteiger partial charge in [0, 0.05) is 0 Å². The van der Waals surface area contributed by atoms with Crippen LogP contribution in [0.1, 0.15) is 35.4 Å². The van der Waals surface area contributed by atoms with Gasteiger partial charge in [-0.15, -0.1) is 0 Å². The van der Waals surface area contributed by atoms with E-state index in [1.807, 2.05) is 31.2 Å². The summed E-state index contributed by atoms with van der Waals surface area (Å²) in [6.07, 6.45) is 0.239. The van der Waals surface area contributed by atoms with E-state index in [9.17, 15) is 9.90 Å². The molecule has 1 atom stereocenters. The predicted octanol–water partition coefficient (Wildman–Crippen LogP) is 3.55. The average Bonchev–Trinajstić information content (AvgIpc) is 2.46. The highest BCUT2D eigenvalue weighted by atomic mass is 35.5. The summed E-state index contributed by atoms with van der Waals surface area (Å²) in [5, 5.41) is 10.1. The van der Waals surface area contributed by atoms with Crippen molar-refractivity contribution >= 4 is 17.5 Å². The molecule has 3 nitrogen and oxygen atoms in total. The van der Waals surface area contributed by atoms with Crippen LogP contribution in [0.2, 0.25) is 5.02 Å². The summed E-state index contributed by atoms with van der Waals surface area (Å²) >= 11 is 6.04. The molecule has 2 aromatic carbocycles. The minimum absolute atomic E-state index is 0.313. The lowest BCUT2D eigenvalue weighted by Gasteiger charge is -2.10. The first kappa shape index (κ1) is 14.6. The molecule has 3 N–H and O–H groups in total. The molecule has 4 heteroatoms. The van der Waals surface area contributed by atoms with Gasteiger partial charge in [0.05, 0.1) is 16.7 Å². The van der Waals surface area contributed by atoms with E-state index in [4.69, 9.17) is 17.3 Å². The molecule has 0 aromatic heterocycles. The molecular weight excluding hydrogens is 274 g/mol. The van der Waals surface area contributed by atoms with Gasteiger partial charge in [-0.05, 0) is 35.2 Å². The standard InChI is InChI=1S/C16H16ClNO2/c1-2-15(19)11-5-3-10(4-6-11)12-7-8-13(16(18)20)14(17)9-12/h3-9,15,19H,2H2,1H3,(H2,18,20). The number of halogens is 1. The van der Waals surface area contributed by atoms with Crippen LogP contribution in [0.25, 0.3) is 11.1 Å². The average molecular weight is 290 g/mol. The minimum Gasteiger partial charge on any atom is -0.388 e. The zero-order chi connectivity index (χ0) is 14.7. The second kappa shape index (κ2) is 6.07. The Balaban J connectivity index is 2.32. The number of amides is 1. The summed E-state index contributed by atoms with van der Waals surface area (Å²) in [4.78, 5) is 11.1. The molecule has 2 rings (SSSR count). The van der Waals surface area contributed by atoms with Crippen LogP contribution in [0.5, 0.6) is 0 Å². The first-order valence-corrected chi connectivity index (χ1v) is 6.78. The number of carbonyl (C=O) groups excluding carboxylic acids is 1. The van der Waals surface area contributed by atoms with E-state index in [0.717, 1.165) is 16.7 Å². The molecule has 0 saturated heterocycles. The minimum atomic E-state index is -0.539. The number of rotatable bonds is 4. The maximum Gasteiger partial charge on any atom is 0.250 e. The van der Waals surface area contributed by atoms with Gasteiger partial charge in [-0.2, -0.15) is 0 Å². The topological polar surface area (TPSA) is 63.3 Å². The monoisotopic (exact) mass is 289 g/mol. The Kier molecular flexibility index (Phi) is 4.42. The molecule has 2 aromatic rings. The molecule has 0 aliphatic heterocycles. The molecule has 0 bridgehead atoms. The molecule has 0 fully saturated rings. The highest BCUT2D eigenvalue weighted by Gasteiger charge is 2.09. The Hall–Kier alpha value is -1.84. The lowest BCUT2D eigenvalue weighted by Crippen LogP contribution is -2.11. The summed E-state index contributed by atoms with van der Waals surface area (Å²) in [5.74, 6) is -0.539. The van der Waals surface area contributed by atoms with Crippen LogP contribution in [-0.2, 0) is 0 Å². The van der Waals surface area contributed by atoms with Crippen LogP contribution in [0, 0.1) is 0 Å². The van der Waals surface area contributed by atoms with Gasteiger partial charge >= 0.3 is 0 Å². The fourth-order valence-corrected chi connectivity index (χ4v) is 2.30. The Morgan fingerprint density at radius 1 is 1.20 bits per heavy atom. The first-order valence-electron chi connectivity index (χ1n) is 6.40. The molecule has 0 aliphatic rings. The summed E-state index contributed by atoms with van der Waals surface area (Å²) in [7, 11) is 0. The fraction of sp³-hybridized carbons (Fsp3) is 0.188. The van der Waals surface area contributed by atoms with E-state index in [1.54, 1.807) is 18.2 Å². The molecular formula is C16H16ClNO2. The van der Waals surface area contributed by atoms with Crippen LogP contribution in [0.15, 0.2) is 42.5 Å². The second-order valence-corrected chi connectivity index (χ2v) is 5.01. The van der Waals surface area contributed by atoms with Crippen LogP contribution < -0.4 is 5.73 Å². The third-order valence-electron chi connectivity index (χ3n) is 3.25. The van der Waals surface area contributed by atoms with E-state index in [0.29, 0.717) is 17.0 Å². The Labute approximate surface area is 123 Å². The van der Waals surface area contributed by atoms with Crippen molar-refractivity contribution in [2.24, 2.45) is 5.73 Å². The van der Waals surface area contributed by atoms with Gasteiger partial charge in [0.15, 0.2) is 0 Å². The summed E-state index contributed by atoms with van der Waals surface area (Å²) < 4.78 is 0. The number of aliphatic hydroxyl groups is 1. The number of carbonyl (C=O) groups is 1. The number of primary amides is 1. The van der Waals surface area contributed by atoms with Crippen molar-refractivity contribution < 1.29 is 9.90 Å². The summed E-state index contributed by atoms with van der Waals surface area (Å²) in [6.45, 7) is 1.93. The lowest BCUT2D eigenvalue weighted by molar-refractivity contribution is 0.100. The van der Waals surface area contributed by atoms with Crippen molar-refractivity contribution in [2.75, 3.05) is 0 Å². The van der Waals surface area contributed by atoms with Crippen molar-refractivity contribution in [2.45, 2.75) is 19.4 Å². The number of hydrogen-bond donors (Lipinski definition) is 2. The van der Waals surface area contributed by atoms with E-state index >= 15 is 0 Å². The van der Waals surface area contributed by atoms with Gasteiger partial charge in [-0.3, -0.25) is 4.79 Å². The van der Waals surface area contributed by atoms with Crippen LogP contribution in [0.4, 0.5) is 0 Å². The van der Waals surface area contributed by atoms with E-state index < -0.39 is 12.0 Å². The fourth-order valence-electron chi connectivity index (χ4n) is 2.03. The van der Waals surface area contributed by atoms with Crippen molar-refractivity contribution in [1.82, 2.24) is 0 Å². The summed E-state index contributed by atoms with van der Waals surface area (Å²) in [6, 6.07) is 12.8. The van der Waals surface area contributed by atoms with Crippen molar-refractivity contribution in [3.8, 4) is 11.1 Å². The highest BCUT2D eigenvalue weighted by molar-refractivity contribution is 6.34. The van der Waals surface area contributed by atoms with Gasteiger partial charge in [0.1, 0.15) is 0 Å². The molecule has 0 aliphatic carbocycles. The maximum absolute atomic E-state index is 11.1. The first-order chi connectivity index (χ1) is 9.52. The third-order valence-corrected chi connectivity index (χ3v) is 3.56. The Bertz CT molecular complexity index is 623. The molecule has 0 spiro atoms. The van der Waals surface area contributed by atoms with Crippen LogP contribution in [-0.4, -0.2) is 11.0 Å². The Morgan fingerprint density at radius 3 is 2.30 bits per heavy atom. The van der Waals surface area contributed by atoms with Gasteiger partial charge in [0.2, 0.25) is 5.91 Å². The van der Waals surface area contributed by atoms with Gasteiger partial charge < -0.3 is 10.8 Å². The third kappa shape index (κ3) is 3.00. The van der Waals surface area contributed by atoms with E-state index in [-0.39, 0.29) is 0 Å². The molecule has 1 amide bonds. The van der Waals surface area contributed by atoms with Crippen molar-refractivity contribution in [1.29, 1.82) is 0 Å². The number of nitrogens with two attached hydrogens (primary N) is 1. The molecule has 20 heavy (non-hydrogen) atoms. The highest BCUT2D eigenvalue weighted by Crippen LogP contribution is 2.27. The number of benzene rings is 2. The van der Waals surface area contributed by atoms with Crippen molar-refractivity contribution in [3.05, 3.63) is 58.6 Å². The zero-order valence-corrected chi connectivity index (χ0v) is 11.9. The smallest absolute Gasteiger partial charge is 0.250 e. The Morgan fingerprint density at radius 2 is 1.80 bits per heavy atom. The normalized spacial score (nSPS) is 12.2. The quantitative estimate of drug-likeness (QED) is 0.904. The second-order valence-electron chi connectivity index (χ2n) is 4.60. The number of hydrogen-bond acceptors (Lipinski definition) is 2. The molecule has 0 saturated carbocycles. The zero-order valence-electron chi connectivity index (χ0n) is 11.1. The SMILES string of the molecule is CCC(O)c1ccc(-c2ccc(C(N)=O)c(Cl)c2)cc1. The molecule has 0 radical (unpaired) electrons. The summed E-state index contributed by atoms with van der Waals surface area (Å²) in [5.41, 5.74) is 8.29. The maximum atomic E-state index is 11.1. The molecule has 1 unspecified atom stereocenters. The molecule has 104 valence electrons. The van der Waals surface area contributed by atoms with Crippen LogP contribution >= 0.6 is 11.6 Å².